The fourth-order valence-electron chi connectivity index (χ4n) is 2.44. The van der Waals surface area contributed by atoms with Gasteiger partial charge in [0, 0.05) is 12.2 Å². The van der Waals surface area contributed by atoms with Crippen LogP contribution < -0.4 is 0 Å². The van der Waals surface area contributed by atoms with Crippen molar-refractivity contribution in [3.05, 3.63) is 58.9 Å². The molecule has 1 aliphatic carbocycles. The lowest BCUT2D eigenvalue weighted by atomic mass is 10.2. The lowest BCUT2D eigenvalue weighted by Gasteiger charge is -2.22. The van der Waals surface area contributed by atoms with Crippen LogP contribution in [0.2, 0.25) is 5.02 Å². The first-order valence-electron chi connectivity index (χ1n) is 7.48. The summed E-state index contributed by atoms with van der Waals surface area (Å²) in [5, 5.41) is -0.533. The minimum Gasteiger partial charge on any atom is -0.260 e. The average Bonchev–Trinajstić information content (AvgIpc) is 3.37. The second kappa shape index (κ2) is 6.59. The monoisotopic (exact) mass is 390 g/mol. The molecule has 0 saturated heterocycles. The number of hydrogen-bond donors (Lipinski definition) is 0. The van der Waals surface area contributed by atoms with Crippen molar-refractivity contribution in [3.63, 3.8) is 0 Å². The van der Waals surface area contributed by atoms with Gasteiger partial charge in [0.25, 0.3) is 0 Å². The molecule has 0 amide bonds. The first-order valence-corrected chi connectivity index (χ1v) is 9.30. The predicted molar refractivity (Wildman–Crippen MR) is 86.4 cm³/mol. The zero-order valence-corrected chi connectivity index (χ0v) is 14.4. The summed E-state index contributed by atoms with van der Waals surface area (Å²) in [6.07, 6.45) is -1.84. The van der Waals surface area contributed by atoms with Gasteiger partial charge >= 0.3 is 6.18 Å². The summed E-state index contributed by atoms with van der Waals surface area (Å²) < 4.78 is 66.1. The van der Waals surface area contributed by atoms with E-state index in [0.29, 0.717) is 24.6 Å². The summed E-state index contributed by atoms with van der Waals surface area (Å²) in [5.74, 6) is 0. The Morgan fingerprint density at radius 2 is 1.92 bits per heavy atom. The molecule has 1 saturated carbocycles. The van der Waals surface area contributed by atoms with Crippen LogP contribution in [0.5, 0.6) is 0 Å². The predicted octanol–water partition coefficient (Wildman–Crippen LogP) is 4.11. The van der Waals surface area contributed by atoms with Crippen molar-refractivity contribution in [1.82, 2.24) is 9.29 Å². The highest BCUT2D eigenvalue weighted by Crippen LogP contribution is 2.38. The van der Waals surface area contributed by atoms with Crippen LogP contribution in [0.3, 0.4) is 0 Å². The minimum atomic E-state index is -4.73. The zero-order valence-electron chi connectivity index (χ0n) is 12.9. The Balaban J connectivity index is 1.99. The molecule has 1 aromatic carbocycles. The maximum Gasteiger partial charge on any atom is 0.417 e. The van der Waals surface area contributed by atoms with E-state index in [2.05, 4.69) is 4.98 Å². The zero-order chi connectivity index (χ0) is 18.2. The standard InChI is InChI=1S/C16H14ClF3N2O2S/c17-15-7-6-13(9-14(15)16(18,19)20)25(23,24)22(12-4-5-12)10-11-3-1-2-8-21-11/h1-3,6-9,12H,4-5,10H2. The molecule has 4 nitrogen and oxygen atoms in total. The number of aromatic nitrogens is 1. The quantitative estimate of drug-likeness (QED) is 0.772. The summed E-state index contributed by atoms with van der Waals surface area (Å²) in [6, 6.07) is 7.53. The summed E-state index contributed by atoms with van der Waals surface area (Å²) in [4.78, 5) is 3.68. The molecule has 9 heteroatoms. The summed E-state index contributed by atoms with van der Waals surface area (Å²) in [6.45, 7) is 0.0117. The van der Waals surface area contributed by atoms with E-state index in [0.717, 1.165) is 12.1 Å². The fraction of sp³-hybridized carbons (Fsp3) is 0.312. The van der Waals surface area contributed by atoms with Gasteiger partial charge in [0.15, 0.2) is 0 Å². The molecule has 0 aliphatic heterocycles. The van der Waals surface area contributed by atoms with Crippen molar-refractivity contribution in [2.24, 2.45) is 0 Å². The number of alkyl halides is 3. The molecule has 25 heavy (non-hydrogen) atoms. The maximum atomic E-state index is 13.0. The van der Waals surface area contributed by atoms with Gasteiger partial charge in [-0.25, -0.2) is 8.42 Å². The van der Waals surface area contributed by atoms with E-state index < -0.39 is 31.7 Å². The van der Waals surface area contributed by atoms with Crippen LogP contribution >= 0.6 is 11.6 Å². The molecule has 3 rings (SSSR count). The average molecular weight is 391 g/mol. The van der Waals surface area contributed by atoms with Crippen LogP contribution in [0, 0.1) is 0 Å². The minimum absolute atomic E-state index is 0.0117. The molecule has 0 N–H and O–H groups in total. The van der Waals surface area contributed by atoms with Gasteiger partial charge in [-0.05, 0) is 43.2 Å². The largest absolute Gasteiger partial charge is 0.417 e. The van der Waals surface area contributed by atoms with E-state index >= 15 is 0 Å². The van der Waals surface area contributed by atoms with Gasteiger partial charge in [0.05, 0.1) is 27.7 Å². The number of sulfonamides is 1. The second-order valence-electron chi connectivity index (χ2n) is 5.74. The number of benzene rings is 1. The third-order valence-corrected chi connectivity index (χ3v) is 6.07. The SMILES string of the molecule is O=S(=O)(c1ccc(Cl)c(C(F)(F)F)c1)N(Cc1ccccn1)C1CC1. The van der Waals surface area contributed by atoms with Gasteiger partial charge in [-0.3, -0.25) is 4.98 Å². The molecule has 0 bridgehead atoms. The van der Waals surface area contributed by atoms with Crippen molar-refractivity contribution >= 4 is 21.6 Å². The van der Waals surface area contributed by atoms with E-state index in [1.54, 1.807) is 18.2 Å². The number of hydrogen-bond acceptors (Lipinski definition) is 3. The Morgan fingerprint density at radius 1 is 1.20 bits per heavy atom. The lowest BCUT2D eigenvalue weighted by molar-refractivity contribution is -0.137. The molecule has 1 aromatic heterocycles. The van der Waals surface area contributed by atoms with E-state index in [4.69, 9.17) is 11.6 Å². The Bertz CT molecular complexity index is 869. The number of pyridine rings is 1. The van der Waals surface area contributed by atoms with Crippen molar-refractivity contribution < 1.29 is 21.6 Å². The van der Waals surface area contributed by atoms with Crippen LogP contribution in [-0.2, 0) is 22.7 Å². The molecular formula is C16H14ClF3N2O2S. The third-order valence-electron chi connectivity index (χ3n) is 3.85. The van der Waals surface area contributed by atoms with E-state index in [1.807, 2.05) is 0 Å². The van der Waals surface area contributed by atoms with Gasteiger partial charge in [-0.1, -0.05) is 17.7 Å². The molecule has 0 radical (unpaired) electrons. The van der Waals surface area contributed by atoms with Crippen LogP contribution in [0.4, 0.5) is 13.2 Å². The summed E-state index contributed by atoms with van der Waals surface area (Å²) in [5.41, 5.74) is -0.633. The molecule has 1 heterocycles. The third kappa shape index (κ3) is 3.96. The smallest absolute Gasteiger partial charge is 0.260 e. The summed E-state index contributed by atoms with van der Waals surface area (Å²) >= 11 is 5.58. The Labute approximate surface area is 148 Å². The highest BCUT2D eigenvalue weighted by molar-refractivity contribution is 7.89. The molecule has 134 valence electrons. The maximum absolute atomic E-state index is 13.0. The van der Waals surface area contributed by atoms with Crippen molar-refractivity contribution in [3.8, 4) is 0 Å². The number of rotatable bonds is 5. The van der Waals surface area contributed by atoms with Gasteiger partial charge in [0.1, 0.15) is 0 Å². The van der Waals surface area contributed by atoms with Crippen LogP contribution in [0.1, 0.15) is 24.1 Å². The normalized spacial score (nSPS) is 15.6. The molecule has 0 atom stereocenters. The number of halogens is 4. The second-order valence-corrected chi connectivity index (χ2v) is 8.04. The van der Waals surface area contributed by atoms with E-state index in [1.165, 1.54) is 10.5 Å². The van der Waals surface area contributed by atoms with Crippen LogP contribution in [0.25, 0.3) is 0 Å². The van der Waals surface area contributed by atoms with Gasteiger partial charge in [-0.15, -0.1) is 0 Å². The van der Waals surface area contributed by atoms with Crippen molar-refractivity contribution in [2.45, 2.75) is 36.5 Å². The van der Waals surface area contributed by atoms with Gasteiger partial charge in [0.2, 0.25) is 10.0 Å². The highest BCUT2D eigenvalue weighted by Gasteiger charge is 2.40. The van der Waals surface area contributed by atoms with Gasteiger partial charge in [-0.2, -0.15) is 17.5 Å². The van der Waals surface area contributed by atoms with Crippen molar-refractivity contribution in [2.75, 3.05) is 0 Å². The molecule has 0 spiro atoms. The Hall–Kier alpha value is -1.64. The Morgan fingerprint density at radius 3 is 2.48 bits per heavy atom. The molecule has 1 fully saturated rings. The first kappa shape index (κ1) is 18.2. The lowest BCUT2D eigenvalue weighted by Crippen LogP contribution is -2.33. The molecular weight excluding hydrogens is 377 g/mol. The van der Waals surface area contributed by atoms with Crippen molar-refractivity contribution in [1.29, 1.82) is 0 Å². The van der Waals surface area contributed by atoms with Gasteiger partial charge < -0.3 is 0 Å². The molecule has 1 aliphatic rings. The van der Waals surface area contributed by atoms with E-state index in [9.17, 15) is 21.6 Å². The topological polar surface area (TPSA) is 50.3 Å². The first-order chi connectivity index (χ1) is 11.7. The summed E-state index contributed by atoms with van der Waals surface area (Å²) in [7, 11) is -4.10. The Kier molecular flexibility index (Phi) is 4.78. The van der Waals surface area contributed by atoms with Crippen LogP contribution in [-0.4, -0.2) is 23.7 Å². The number of nitrogens with zero attached hydrogens (tertiary/aromatic N) is 2. The fourth-order valence-corrected chi connectivity index (χ4v) is 4.35. The van der Waals surface area contributed by atoms with Crippen LogP contribution in [0.15, 0.2) is 47.5 Å². The molecule has 0 unspecified atom stereocenters. The molecule has 2 aromatic rings. The highest BCUT2D eigenvalue weighted by atomic mass is 35.5. The van der Waals surface area contributed by atoms with E-state index in [-0.39, 0.29) is 12.6 Å².